The average Bonchev–Trinajstić information content (AvgIpc) is 2.79. The fourth-order valence-corrected chi connectivity index (χ4v) is 2.41. The van der Waals surface area contributed by atoms with Crippen LogP contribution in [0.5, 0.6) is 0 Å². The fourth-order valence-electron chi connectivity index (χ4n) is 2.41. The maximum Gasteiger partial charge on any atom is 0.254 e. The maximum absolute atomic E-state index is 12.3. The Hall–Kier alpha value is -2.30. The quantitative estimate of drug-likeness (QED) is 0.819. The zero-order chi connectivity index (χ0) is 13.4. The summed E-state index contributed by atoms with van der Waals surface area (Å²) in [5.41, 5.74) is 1.72. The number of carbonyl (C=O) groups is 2. The lowest BCUT2D eigenvalue weighted by Gasteiger charge is -2.26. The molecule has 1 fully saturated rings. The smallest absolute Gasteiger partial charge is 0.254 e. The summed E-state index contributed by atoms with van der Waals surface area (Å²) >= 11 is 0. The van der Waals surface area contributed by atoms with Gasteiger partial charge in [-0.15, -0.1) is 0 Å². The first-order valence-electron chi connectivity index (χ1n) is 6.26. The Morgan fingerprint density at radius 3 is 2.95 bits per heavy atom. The molecule has 0 bridgehead atoms. The Balaban J connectivity index is 1.90. The highest BCUT2D eigenvalue weighted by atomic mass is 16.2. The number of hydrogen-bond donors (Lipinski definition) is 1. The van der Waals surface area contributed by atoms with E-state index in [0.29, 0.717) is 18.7 Å². The molecule has 0 atom stereocenters. The van der Waals surface area contributed by atoms with Crippen molar-refractivity contribution in [2.45, 2.75) is 0 Å². The summed E-state index contributed by atoms with van der Waals surface area (Å²) in [5, 5.41) is 3.75. The van der Waals surface area contributed by atoms with Crippen LogP contribution < -0.4 is 5.32 Å². The zero-order valence-corrected chi connectivity index (χ0v) is 10.7. The van der Waals surface area contributed by atoms with Crippen molar-refractivity contribution in [3.8, 4) is 0 Å². The van der Waals surface area contributed by atoms with E-state index in [0.717, 1.165) is 10.9 Å². The Morgan fingerprint density at radius 1 is 1.32 bits per heavy atom. The molecule has 0 saturated carbocycles. The molecule has 1 N–H and O–H groups in total. The van der Waals surface area contributed by atoms with Crippen LogP contribution in [0.2, 0.25) is 0 Å². The Labute approximate surface area is 110 Å². The summed E-state index contributed by atoms with van der Waals surface area (Å²) < 4.78 is 2.01. The number of nitrogens with one attached hydrogen (secondary N) is 1. The molecule has 98 valence electrons. The number of aromatic nitrogens is 1. The summed E-state index contributed by atoms with van der Waals surface area (Å²) in [6, 6.07) is 7.61. The third-order valence-electron chi connectivity index (χ3n) is 3.46. The number of amides is 2. The molecule has 1 aromatic heterocycles. The molecule has 2 amide bonds. The maximum atomic E-state index is 12.3. The highest BCUT2D eigenvalue weighted by Gasteiger charge is 2.22. The van der Waals surface area contributed by atoms with Crippen molar-refractivity contribution in [2.75, 3.05) is 19.6 Å². The molecule has 0 aliphatic carbocycles. The monoisotopic (exact) mass is 257 g/mol. The normalized spacial score (nSPS) is 15.6. The van der Waals surface area contributed by atoms with Gasteiger partial charge in [-0.25, -0.2) is 0 Å². The molecule has 5 nitrogen and oxygen atoms in total. The van der Waals surface area contributed by atoms with E-state index in [4.69, 9.17) is 0 Å². The Kier molecular flexibility index (Phi) is 2.74. The molecule has 5 heteroatoms. The molecule has 0 unspecified atom stereocenters. The molecule has 19 heavy (non-hydrogen) atoms. The predicted octanol–water partition coefficient (Wildman–Crippen LogP) is 0.750. The van der Waals surface area contributed by atoms with E-state index in [1.807, 2.05) is 42.1 Å². The van der Waals surface area contributed by atoms with Gasteiger partial charge in [0.25, 0.3) is 5.91 Å². The van der Waals surface area contributed by atoms with E-state index in [1.165, 1.54) is 0 Å². The largest absolute Gasteiger partial charge is 0.353 e. The zero-order valence-electron chi connectivity index (χ0n) is 10.7. The second-order valence-electron chi connectivity index (χ2n) is 4.78. The second-order valence-corrected chi connectivity index (χ2v) is 4.78. The van der Waals surface area contributed by atoms with Crippen LogP contribution >= 0.6 is 0 Å². The number of hydrogen-bond acceptors (Lipinski definition) is 2. The lowest BCUT2D eigenvalue weighted by molar-refractivity contribution is -0.123. The summed E-state index contributed by atoms with van der Waals surface area (Å²) in [6.07, 6.45) is 1.97. The molecular formula is C14H15N3O2. The summed E-state index contributed by atoms with van der Waals surface area (Å²) in [7, 11) is 1.97. The van der Waals surface area contributed by atoms with Crippen molar-refractivity contribution in [1.82, 2.24) is 14.8 Å². The predicted molar refractivity (Wildman–Crippen MR) is 71.8 cm³/mol. The minimum atomic E-state index is -0.0969. The third-order valence-corrected chi connectivity index (χ3v) is 3.46. The van der Waals surface area contributed by atoms with Gasteiger partial charge in [0.15, 0.2) is 0 Å². The van der Waals surface area contributed by atoms with E-state index in [-0.39, 0.29) is 18.4 Å². The lowest BCUT2D eigenvalue weighted by atomic mass is 10.1. The molecule has 1 aromatic carbocycles. The van der Waals surface area contributed by atoms with Crippen LogP contribution in [0.1, 0.15) is 10.4 Å². The summed E-state index contributed by atoms with van der Waals surface area (Å²) in [5.74, 6) is -0.180. The highest BCUT2D eigenvalue weighted by molar-refractivity contribution is 6.00. The first kappa shape index (κ1) is 11.8. The van der Waals surface area contributed by atoms with Crippen molar-refractivity contribution >= 4 is 22.7 Å². The molecule has 0 spiro atoms. The van der Waals surface area contributed by atoms with Crippen molar-refractivity contribution < 1.29 is 9.59 Å². The van der Waals surface area contributed by atoms with Crippen molar-refractivity contribution in [3.63, 3.8) is 0 Å². The van der Waals surface area contributed by atoms with Gasteiger partial charge in [-0.3, -0.25) is 9.59 Å². The average molecular weight is 257 g/mol. The number of carbonyl (C=O) groups excluding carboxylic acids is 2. The number of nitrogens with zero attached hydrogens (tertiary/aromatic N) is 2. The Morgan fingerprint density at radius 2 is 2.16 bits per heavy atom. The SMILES string of the molecule is Cn1ccc2cc(C(=O)N3CCNC(=O)C3)ccc21. The molecule has 3 rings (SSSR count). The number of rotatable bonds is 1. The van der Waals surface area contributed by atoms with Crippen LogP contribution in [0.15, 0.2) is 30.5 Å². The van der Waals surface area contributed by atoms with Gasteiger partial charge in [-0.2, -0.15) is 0 Å². The van der Waals surface area contributed by atoms with Crippen molar-refractivity contribution in [1.29, 1.82) is 0 Å². The van der Waals surface area contributed by atoms with Crippen LogP contribution in [0, 0.1) is 0 Å². The van der Waals surface area contributed by atoms with Gasteiger partial charge in [0.1, 0.15) is 0 Å². The first-order chi connectivity index (χ1) is 9.15. The van der Waals surface area contributed by atoms with Gasteiger partial charge in [-0.1, -0.05) is 0 Å². The van der Waals surface area contributed by atoms with Crippen LogP contribution in [0.3, 0.4) is 0 Å². The van der Waals surface area contributed by atoms with Gasteiger partial charge in [-0.05, 0) is 24.3 Å². The molecule has 2 heterocycles. The van der Waals surface area contributed by atoms with Crippen molar-refractivity contribution in [2.24, 2.45) is 7.05 Å². The highest BCUT2D eigenvalue weighted by Crippen LogP contribution is 2.18. The second kappa shape index (κ2) is 4.42. The lowest BCUT2D eigenvalue weighted by Crippen LogP contribution is -2.49. The first-order valence-corrected chi connectivity index (χ1v) is 6.26. The summed E-state index contributed by atoms with van der Waals surface area (Å²) in [6.45, 7) is 1.24. The molecule has 2 aromatic rings. The van der Waals surface area contributed by atoms with Gasteiger partial charge in [0.05, 0.1) is 6.54 Å². The van der Waals surface area contributed by atoms with E-state index >= 15 is 0 Å². The van der Waals surface area contributed by atoms with E-state index in [1.54, 1.807) is 4.90 Å². The van der Waals surface area contributed by atoms with Crippen LogP contribution in [0.25, 0.3) is 10.9 Å². The fraction of sp³-hybridized carbons (Fsp3) is 0.286. The summed E-state index contributed by atoms with van der Waals surface area (Å²) in [4.78, 5) is 25.2. The minimum absolute atomic E-state index is 0.0828. The topological polar surface area (TPSA) is 54.3 Å². The Bertz CT molecular complexity index is 660. The van der Waals surface area contributed by atoms with E-state index in [9.17, 15) is 9.59 Å². The van der Waals surface area contributed by atoms with Crippen LogP contribution in [-0.2, 0) is 11.8 Å². The third kappa shape index (κ3) is 2.07. The molecule has 1 aliphatic heterocycles. The minimum Gasteiger partial charge on any atom is -0.353 e. The number of piperazine rings is 1. The van der Waals surface area contributed by atoms with Gasteiger partial charge in [0.2, 0.25) is 5.91 Å². The van der Waals surface area contributed by atoms with Gasteiger partial charge >= 0.3 is 0 Å². The molecular weight excluding hydrogens is 242 g/mol. The standard InChI is InChI=1S/C14H15N3O2/c1-16-6-4-10-8-11(2-3-12(10)16)14(19)17-7-5-15-13(18)9-17/h2-4,6,8H,5,7,9H2,1H3,(H,15,18). The van der Waals surface area contributed by atoms with Crippen molar-refractivity contribution in [3.05, 3.63) is 36.0 Å². The number of fused-ring (bicyclic) bond motifs is 1. The van der Waals surface area contributed by atoms with E-state index in [2.05, 4.69) is 5.32 Å². The van der Waals surface area contributed by atoms with Gasteiger partial charge < -0.3 is 14.8 Å². The number of aryl methyl sites for hydroxylation is 1. The van der Waals surface area contributed by atoms with Gasteiger partial charge in [0, 0.05) is 42.8 Å². The van der Waals surface area contributed by atoms with Crippen LogP contribution in [-0.4, -0.2) is 40.9 Å². The van der Waals surface area contributed by atoms with Crippen LogP contribution in [0.4, 0.5) is 0 Å². The molecule has 1 aliphatic rings. The molecule has 0 radical (unpaired) electrons. The molecule has 1 saturated heterocycles. The van der Waals surface area contributed by atoms with E-state index < -0.39 is 0 Å². The number of benzene rings is 1.